The van der Waals surface area contributed by atoms with Crippen molar-refractivity contribution in [2.45, 2.75) is 13.8 Å². The SMILES string of the molecule is CCN(CC)c1ccc(/C=N/NC(=O)c2c(-c3ccccc3)nnn2-c2nonc2N)c(O)c1. The minimum atomic E-state index is -0.623. The van der Waals surface area contributed by atoms with Gasteiger partial charge < -0.3 is 15.7 Å². The van der Waals surface area contributed by atoms with Crippen molar-refractivity contribution in [1.82, 2.24) is 30.7 Å². The Morgan fingerprint density at radius 1 is 1.21 bits per heavy atom. The number of phenolic OH excluding ortho intramolecular Hbond substituents is 1. The van der Waals surface area contributed by atoms with Crippen LogP contribution in [0, 0.1) is 0 Å². The van der Waals surface area contributed by atoms with Crippen LogP contribution in [-0.4, -0.2) is 55.6 Å². The van der Waals surface area contributed by atoms with Crippen molar-refractivity contribution >= 4 is 23.6 Å². The fourth-order valence-corrected chi connectivity index (χ4v) is 3.40. The van der Waals surface area contributed by atoms with Crippen LogP contribution in [0.5, 0.6) is 5.75 Å². The molecule has 0 aliphatic rings. The van der Waals surface area contributed by atoms with E-state index < -0.39 is 5.91 Å². The minimum Gasteiger partial charge on any atom is -0.507 e. The Balaban J connectivity index is 1.61. The second kappa shape index (κ2) is 9.81. The zero-order valence-corrected chi connectivity index (χ0v) is 18.6. The van der Waals surface area contributed by atoms with Gasteiger partial charge in [0.1, 0.15) is 11.4 Å². The Kier molecular flexibility index (Phi) is 6.48. The molecule has 174 valence electrons. The summed E-state index contributed by atoms with van der Waals surface area (Å²) < 4.78 is 5.77. The normalized spacial score (nSPS) is 11.1. The molecule has 34 heavy (non-hydrogen) atoms. The highest BCUT2D eigenvalue weighted by Crippen LogP contribution is 2.25. The molecule has 0 bridgehead atoms. The third-order valence-corrected chi connectivity index (χ3v) is 5.14. The first-order chi connectivity index (χ1) is 16.5. The van der Waals surface area contributed by atoms with Crippen molar-refractivity contribution in [3.63, 3.8) is 0 Å². The lowest BCUT2D eigenvalue weighted by Crippen LogP contribution is -2.23. The molecule has 2 aromatic heterocycles. The molecule has 4 N–H and O–H groups in total. The average Bonchev–Trinajstić information content (AvgIpc) is 3.47. The summed E-state index contributed by atoms with van der Waals surface area (Å²) in [6.45, 7) is 5.71. The number of hydrogen-bond donors (Lipinski definition) is 3. The molecule has 0 saturated carbocycles. The summed E-state index contributed by atoms with van der Waals surface area (Å²) in [6.07, 6.45) is 1.35. The van der Waals surface area contributed by atoms with Gasteiger partial charge in [0.15, 0.2) is 5.69 Å². The van der Waals surface area contributed by atoms with E-state index in [4.69, 9.17) is 5.73 Å². The number of nitrogens with one attached hydrogen (secondary N) is 1. The van der Waals surface area contributed by atoms with Gasteiger partial charge in [0, 0.05) is 36.0 Å². The maximum Gasteiger partial charge on any atom is 0.292 e. The summed E-state index contributed by atoms with van der Waals surface area (Å²) in [5.74, 6) is -0.615. The molecule has 4 aromatic rings. The molecule has 0 unspecified atom stereocenters. The van der Waals surface area contributed by atoms with E-state index in [0.29, 0.717) is 16.8 Å². The number of anilines is 2. The average molecular weight is 461 g/mol. The third-order valence-electron chi connectivity index (χ3n) is 5.14. The number of benzene rings is 2. The maximum absolute atomic E-state index is 13.1. The minimum absolute atomic E-state index is 0.0217. The second-order valence-corrected chi connectivity index (χ2v) is 7.15. The van der Waals surface area contributed by atoms with Crippen LogP contribution >= 0.6 is 0 Å². The van der Waals surface area contributed by atoms with Crippen LogP contribution in [0.25, 0.3) is 17.1 Å². The topological polar surface area (TPSA) is 161 Å². The number of aromatic nitrogens is 5. The lowest BCUT2D eigenvalue weighted by molar-refractivity contribution is 0.0947. The van der Waals surface area contributed by atoms with Gasteiger partial charge in [-0.05, 0) is 36.3 Å². The Morgan fingerprint density at radius 2 is 1.97 bits per heavy atom. The molecule has 0 aliphatic carbocycles. The molecular formula is C22H23N9O3. The van der Waals surface area contributed by atoms with Crippen LogP contribution in [0.1, 0.15) is 29.9 Å². The molecule has 12 nitrogen and oxygen atoms in total. The zero-order chi connectivity index (χ0) is 24.1. The monoisotopic (exact) mass is 461 g/mol. The van der Waals surface area contributed by atoms with Crippen LogP contribution in [0.15, 0.2) is 58.3 Å². The maximum atomic E-state index is 13.1. The summed E-state index contributed by atoms with van der Waals surface area (Å²) in [4.78, 5) is 15.2. The molecule has 0 aliphatic heterocycles. The van der Waals surface area contributed by atoms with Gasteiger partial charge in [0.05, 0.1) is 6.21 Å². The molecule has 0 fully saturated rings. The van der Waals surface area contributed by atoms with E-state index in [0.717, 1.165) is 23.5 Å². The van der Waals surface area contributed by atoms with E-state index >= 15 is 0 Å². The molecule has 1 amide bonds. The van der Waals surface area contributed by atoms with Gasteiger partial charge in [-0.2, -0.15) is 9.78 Å². The number of hydrazone groups is 1. The van der Waals surface area contributed by atoms with E-state index in [1.165, 1.54) is 6.21 Å². The molecule has 0 atom stereocenters. The predicted octanol–water partition coefficient (Wildman–Crippen LogP) is 2.22. The molecule has 0 spiro atoms. The van der Waals surface area contributed by atoms with Crippen molar-refractivity contribution in [1.29, 1.82) is 0 Å². The van der Waals surface area contributed by atoms with Gasteiger partial charge in [-0.25, -0.2) is 10.1 Å². The Bertz CT molecular complexity index is 1310. The number of aromatic hydroxyl groups is 1. The quantitative estimate of drug-likeness (QED) is 0.264. The zero-order valence-electron chi connectivity index (χ0n) is 18.6. The standard InChI is InChI=1S/C22H23N9O3/c1-3-30(4-2)16-11-10-15(17(32)12-16)13-24-26-22(33)19-18(14-8-6-5-7-9-14)25-29-31(19)21-20(23)27-34-28-21/h5-13,32H,3-4H2,1-2H3,(H2,23,27)(H,26,33)/b24-13+. The predicted molar refractivity (Wildman–Crippen MR) is 126 cm³/mol. The third kappa shape index (κ3) is 4.41. The molecule has 2 aromatic carbocycles. The molecule has 0 saturated heterocycles. The van der Waals surface area contributed by atoms with Gasteiger partial charge in [0.25, 0.3) is 5.91 Å². The highest BCUT2D eigenvalue weighted by molar-refractivity contribution is 5.99. The van der Waals surface area contributed by atoms with Crippen molar-refractivity contribution in [2.75, 3.05) is 23.7 Å². The summed E-state index contributed by atoms with van der Waals surface area (Å²) in [5.41, 5.74) is 10.5. The number of nitrogens with zero attached hydrogens (tertiary/aromatic N) is 7. The fourth-order valence-electron chi connectivity index (χ4n) is 3.40. The van der Waals surface area contributed by atoms with Gasteiger partial charge in [0.2, 0.25) is 11.6 Å². The van der Waals surface area contributed by atoms with E-state index in [-0.39, 0.29) is 23.1 Å². The lowest BCUT2D eigenvalue weighted by Gasteiger charge is -2.21. The van der Waals surface area contributed by atoms with Crippen molar-refractivity contribution < 1.29 is 14.5 Å². The van der Waals surface area contributed by atoms with E-state index in [1.807, 2.05) is 38.1 Å². The molecule has 2 heterocycles. The van der Waals surface area contributed by atoms with Crippen molar-refractivity contribution in [3.05, 3.63) is 59.8 Å². The first kappa shape index (κ1) is 22.5. The molecule has 12 heteroatoms. The lowest BCUT2D eigenvalue weighted by atomic mass is 10.1. The summed E-state index contributed by atoms with van der Waals surface area (Å²) in [5, 5.41) is 29.7. The number of carbonyl (C=O) groups is 1. The van der Waals surface area contributed by atoms with Gasteiger partial charge in [-0.3, -0.25) is 4.79 Å². The smallest absolute Gasteiger partial charge is 0.292 e. The number of hydrogen-bond acceptors (Lipinski definition) is 10. The van der Waals surface area contributed by atoms with Crippen LogP contribution in [0.4, 0.5) is 11.5 Å². The number of amides is 1. The summed E-state index contributed by atoms with van der Waals surface area (Å²) in [7, 11) is 0. The second-order valence-electron chi connectivity index (χ2n) is 7.15. The Labute approximate surface area is 194 Å². The Morgan fingerprint density at radius 3 is 2.62 bits per heavy atom. The number of carbonyl (C=O) groups excluding carboxylic acids is 1. The first-order valence-corrected chi connectivity index (χ1v) is 10.5. The number of nitrogens with two attached hydrogens (primary N) is 1. The van der Waals surface area contributed by atoms with Crippen molar-refractivity contribution in [2.24, 2.45) is 5.10 Å². The number of rotatable bonds is 8. The van der Waals surface area contributed by atoms with E-state index in [1.54, 1.807) is 24.3 Å². The molecule has 4 rings (SSSR count). The Hall–Kier alpha value is -4.74. The van der Waals surface area contributed by atoms with E-state index in [2.05, 4.69) is 40.7 Å². The van der Waals surface area contributed by atoms with Crippen LogP contribution < -0.4 is 16.1 Å². The summed E-state index contributed by atoms with van der Waals surface area (Å²) >= 11 is 0. The molecular weight excluding hydrogens is 438 g/mol. The number of nitrogen functional groups attached to an aromatic ring is 1. The van der Waals surface area contributed by atoms with Gasteiger partial charge in [-0.15, -0.1) is 5.10 Å². The highest BCUT2D eigenvalue weighted by atomic mass is 16.6. The largest absolute Gasteiger partial charge is 0.507 e. The van der Waals surface area contributed by atoms with Crippen LogP contribution in [0.3, 0.4) is 0 Å². The molecule has 0 radical (unpaired) electrons. The highest BCUT2D eigenvalue weighted by Gasteiger charge is 2.25. The van der Waals surface area contributed by atoms with E-state index in [9.17, 15) is 9.90 Å². The first-order valence-electron chi connectivity index (χ1n) is 10.5. The summed E-state index contributed by atoms with van der Waals surface area (Å²) in [6, 6.07) is 14.3. The number of phenols is 1. The van der Waals surface area contributed by atoms with Crippen molar-refractivity contribution in [3.8, 4) is 22.8 Å². The fraction of sp³-hybridized carbons (Fsp3) is 0.182. The van der Waals surface area contributed by atoms with Gasteiger partial charge >= 0.3 is 0 Å². The van der Waals surface area contributed by atoms with Crippen LogP contribution in [-0.2, 0) is 0 Å². The van der Waals surface area contributed by atoms with Crippen LogP contribution in [0.2, 0.25) is 0 Å². The van der Waals surface area contributed by atoms with Gasteiger partial charge in [-0.1, -0.05) is 35.5 Å².